The van der Waals surface area contributed by atoms with Crippen LogP contribution in [0.4, 0.5) is 35.1 Å². The highest BCUT2D eigenvalue weighted by molar-refractivity contribution is 5.90. The first-order valence-corrected chi connectivity index (χ1v) is 6.11. The Kier molecular flexibility index (Phi) is 6.39. The summed E-state index contributed by atoms with van der Waals surface area (Å²) in [5.74, 6) is -12.4. The summed E-state index contributed by atoms with van der Waals surface area (Å²) in [6.07, 6.45) is -14.7. The van der Waals surface area contributed by atoms with Gasteiger partial charge in [0.1, 0.15) is 0 Å². The third-order valence-electron chi connectivity index (χ3n) is 2.85. The highest BCUT2D eigenvalue weighted by Gasteiger charge is 2.75. The van der Waals surface area contributed by atoms with Crippen LogP contribution in [0.5, 0.6) is 0 Å². The van der Waals surface area contributed by atoms with Crippen molar-refractivity contribution in [2.45, 2.75) is 44.1 Å². The van der Waals surface area contributed by atoms with Crippen LogP contribution in [0, 0.1) is 5.92 Å². The Morgan fingerprint density at radius 3 is 1.79 bits per heavy atom. The van der Waals surface area contributed by atoms with Crippen LogP contribution < -0.4 is 0 Å². The molecular weight excluding hydrogens is 360 g/mol. The van der Waals surface area contributed by atoms with E-state index in [2.05, 4.69) is 4.74 Å². The molecule has 0 aliphatic rings. The second kappa shape index (κ2) is 6.93. The van der Waals surface area contributed by atoms with Gasteiger partial charge in [0.05, 0.1) is 6.42 Å². The lowest BCUT2D eigenvalue weighted by atomic mass is 9.82. The van der Waals surface area contributed by atoms with Gasteiger partial charge in [-0.25, -0.2) is 14.0 Å². The van der Waals surface area contributed by atoms with E-state index in [0.717, 1.165) is 0 Å². The van der Waals surface area contributed by atoms with E-state index in [1.165, 1.54) is 0 Å². The molecule has 140 valence electrons. The second-order valence-corrected chi connectivity index (χ2v) is 4.99. The van der Waals surface area contributed by atoms with Crippen LogP contribution in [-0.4, -0.2) is 40.9 Å². The van der Waals surface area contributed by atoms with Gasteiger partial charge in [0.25, 0.3) is 0 Å². The summed E-state index contributed by atoms with van der Waals surface area (Å²) in [5, 5.41) is 8.13. The number of alkyl halides is 8. The summed E-state index contributed by atoms with van der Waals surface area (Å²) in [7, 11) is 0. The number of hydrogen-bond donors (Lipinski definition) is 1. The van der Waals surface area contributed by atoms with E-state index in [-0.39, 0.29) is 12.2 Å². The van der Waals surface area contributed by atoms with E-state index < -0.39 is 48.2 Å². The van der Waals surface area contributed by atoms with Gasteiger partial charge in [0.2, 0.25) is 0 Å². The maximum atomic E-state index is 14.2. The van der Waals surface area contributed by atoms with Crippen molar-refractivity contribution in [2.24, 2.45) is 5.92 Å². The first-order valence-electron chi connectivity index (χ1n) is 6.11. The van der Waals surface area contributed by atoms with E-state index in [4.69, 9.17) is 5.11 Å². The highest BCUT2D eigenvalue weighted by atomic mass is 19.4. The van der Waals surface area contributed by atoms with Crippen molar-refractivity contribution in [1.29, 1.82) is 0 Å². The van der Waals surface area contributed by atoms with Crippen molar-refractivity contribution in [3.63, 3.8) is 0 Å². The van der Waals surface area contributed by atoms with E-state index in [9.17, 15) is 44.7 Å². The normalized spacial score (nSPS) is 16.3. The summed E-state index contributed by atoms with van der Waals surface area (Å²) in [6.45, 7) is 1.03. The van der Waals surface area contributed by atoms with Crippen molar-refractivity contribution >= 4 is 11.9 Å². The van der Waals surface area contributed by atoms with Gasteiger partial charge in [-0.15, -0.1) is 0 Å². The van der Waals surface area contributed by atoms with Gasteiger partial charge in [-0.05, 0) is 5.92 Å². The Morgan fingerprint density at radius 2 is 1.46 bits per heavy atom. The first kappa shape index (κ1) is 22.1. The van der Waals surface area contributed by atoms with Crippen LogP contribution in [0.1, 0.15) is 20.3 Å². The first-order chi connectivity index (χ1) is 10.5. The SMILES string of the molecule is CC(C)C(F)(CC(F)(F)F)C(F)(F)C(F)(F)OC(=O)/C=C/C(=O)O. The Bertz CT molecular complexity index is 512. The van der Waals surface area contributed by atoms with Gasteiger partial charge >= 0.3 is 30.1 Å². The molecule has 0 aliphatic carbocycles. The Labute approximate surface area is 130 Å². The minimum atomic E-state index is -6.05. The molecule has 0 fully saturated rings. The number of carboxylic acid groups (broad SMARTS) is 1. The van der Waals surface area contributed by atoms with Crippen LogP contribution >= 0.6 is 0 Å². The van der Waals surface area contributed by atoms with Crippen molar-refractivity contribution in [1.82, 2.24) is 0 Å². The second-order valence-electron chi connectivity index (χ2n) is 4.99. The Balaban J connectivity index is 5.70. The molecule has 0 aliphatic heterocycles. The van der Waals surface area contributed by atoms with Gasteiger partial charge in [-0.1, -0.05) is 13.8 Å². The lowest BCUT2D eigenvalue weighted by Gasteiger charge is -2.39. The van der Waals surface area contributed by atoms with Crippen molar-refractivity contribution in [2.75, 3.05) is 0 Å². The van der Waals surface area contributed by atoms with Gasteiger partial charge in [0, 0.05) is 12.2 Å². The van der Waals surface area contributed by atoms with Crippen molar-refractivity contribution in [3.8, 4) is 0 Å². The third-order valence-corrected chi connectivity index (χ3v) is 2.85. The fourth-order valence-electron chi connectivity index (χ4n) is 1.58. The summed E-state index contributed by atoms with van der Waals surface area (Å²) in [6, 6.07) is 0. The maximum Gasteiger partial charge on any atom is 0.470 e. The standard InChI is InChI=1S/C12H12F8O4/c1-6(2)9(13,5-10(14,15)16)11(17,18)12(19,20)24-8(23)4-3-7(21)22/h3-4,6H,5H2,1-2H3,(H,21,22)/b4-3+. The number of carboxylic acids is 1. The smallest absolute Gasteiger partial charge is 0.470 e. The minimum absolute atomic E-state index is 0.0442. The molecule has 0 bridgehead atoms. The molecule has 1 atom stereocenters. The molecule has 1 N–H and O–H groups in total. The molecule has 0 aromatic heterocycles. The molecule has 4 nitrogen and oxygen atoms in total. The average molecular weight is 372 g/mol. The zero-order chi connectivity index (χ0) is 19.6. The molecule has 0 saturated heterocycles. The van der Waals surface area contributed by atoms with Gasteiger partial charge in [-0.2, -0.15) is 30.7 Å². The van der Waals surface area contributed by atoms with E-state index in [1.54, 1.807) is 0 Å². The summed E-state index contributed by atoms with van der Waals surface area (Å²) in [4.78, 5) is 20.9. The fourth-order valence-corrected chi connectivity index (χ4v) is 1.58. The molecule has 0 aromatic carbocycles. The number of ether oxygens (including phenoxy) is 1. The topological polar surface area (TPSA) is 63.6 Å². The van der Waals surface area contributed by atoms with Crippen LogP contribution in [-0.2, 0) is 14.3 Å². The van der Waals surface area contributed by atoms with Crippen molar-refractivity contribution < 1.29 is 54.6 Å². The molecular formula is C12H12F8O4. The van der Waals surface area contributed by atoms with E-state index in [0.29, 0.717) is 13.8 Å². The zero-order valence-corrected chi connectivity index (χ0v) is 12.1. The molecule has 0 radical (unpaired) electrons. The molecule has 12 heteroatoms. The Hall–Kier alpha value is -1.88. The van der Waals surface area contributed by atoms with E-state index >= 15 is 0 Å². The zero-order valence-electron chi connectivity index (χ0n) is 12.1. The molecule has 0 spiro atoms. The number of aliphatic carboxylic acids is 1. The quantitative estimate of drug-likeness (QED) is 0.420. The van der Waals surface area contributed by atoms with Gasteiger partial charge in [-0.3, -0.25) is 0 Å². The summed E-state index contributed by atoms with van der Waals surface area (Å²) < 4.78 is 108. The van der Waals surface area contributed by atoms with Crippen LogP contribution in [0.2, 0.25) is 0 Å². The lowest BCUT2D eigenvalue weighted by Crippen LogP contribution is -2.61. The number of halogens is 8. The number of carbonyl (C=O) groups is 2. The predicted octanol–water partition coefficient (Wildman–Crippen LogP) is 3.72. The van der Waals surface area contributed by atoms with Gasteiger partial charge < -0.3 is 9.84 Å². The third kappa shape index (κ3) is 5.06. The largest absolute Gasteiger partial charge is 0.478 e. The molecule has 0 saturated carbocycles. The lowest BCUT2D eigenvalue weighted by molar-refractivity contribution is -0.376. The molecule has 0 rings (SSSR count). The fraction of sp³-hybridized carbons (Fsp3) is 0.667. The van der Waals surface area contributed by atoms with Crippen LogP contribution in [0.3, 0.4) is 0 Å². The number of carbonyl (C=O) groups excluding carboxylic acids is 1. The van der Waals surface area contributed by atoms with Gasteiger partial charge in [0.15, 0.2) is 5.67 Å². The van der Waals surface area contributed by atoms with E-state index in [1.807, 2.05) is 0 Å². The molecule has 24 heavy (non-hydrogen) atoms. The molecule has 1 unspecified atom stereocenters. The van der Waals surface area contributed by atoms with Crippen LogP contribution in [0.15, 0.2) is 12.2 Å². The molecule has 0 amide bonds. The number of rotatable bonds is 7. The number of esters is 1. The monoisotopic (exact) mass is 372 g/mol. The number of hydrogen-bond acceptors (Lipinski definition) is 3. The van der Waals surface area contributed by atoms with Crippen molar-refractivity contribution in [3.05, 3.63) is 12.2 Å². The predicted molar refractivity (Wildman–Crippen MR) is 62.1 cm³/mol. The summed E-state index contributed by atoms with van der Waals surface area (Å²) in [5.41, 5.74) is -4.79. The maximum absolute atomic E-state index is 14.2. The minimum Gasteiger partial charge on any atom is -0.478 e. The summed E-state index contributed by atoms with van der Waals surface area (Å²) >= 11 is 0. The molecule has 0 heterocycles. The average Bonchev–Trinajstić information content (AvgIpc) is 2.32. The Morgan fingerprint density at radius 1 is 1.00 bits per heavy atom. The van der Waals surface area contributed by atoms with Crippen LogP contribution in [0.25, 0.3) is 0 Å². The molecule has 0 aromatic rings. The highest BCUT2D eigenvalue weighted by Crippen LogP contribution is 2.52.